The highest BCUT2D eigenvalue weighted by Crippen LogP contribution is 2.38. The molecule has 0 saturated heterocycles. The topological polar surface area (TPSA) is 180 Å². The molecule has 0 aromatic carbocycles. The Morgan fingerprint density at radius 3 is 1.59 bits per heavy atom. The van der Waals surface area contributed by atoms with Gasteiger partial charge in [-0.05, 0) is 0 Å². The fourth-order valence-electron chi connectivity index (χ4n) is 0.619. The molecule has 13 heteroatoms. The molecule has 0 fully saturated rings. The van der Waals surface area contributed by atoms with Crippen LogP contribution in [0.1, 0.15) is 0 Å². The molecule has 0 atom stereocenters. The molecule has 0 amide bonds. The van der Waals surface area contributed by atoms with Crippen molar-refractivity contribution in [1.29, 1.82) is 0 Å². The zero-order valence-corrected chi connectivity index (χ0v) is 9.86. The number of hydrogen-bond acceptors (Lipinski definition) is 6. The van der Waals surface area contributed by atoms with Crippen LogP contribution in [0, 0.1) is 0 Å². The maximum Gasteiger partial charge on any atom is 0.506 e. The van der Waals surface area contributed by atoms with Crippen molar-refractivity contribution in [2.24, 2.45) is 0 Å². The maximum atomic E-state index is 10.3. The molecule has 0 saturated carbocycles. The molecule has 0 aliphatic carbocycles. The highest BCUT2D eigenvalue weighted by Gasteiger charge is 2.24. The molecule has 0 unspecified atom stereocenters. The van der Waals surface area contributed by atoms with Crippen LogP contribution in [-0.2, 0) is 22.9 Å². The van der Waals surface area contributed by atoms with E-state index in [1.54, 1.807) is 0 Å². The van der Waals surface area contributed by atoms with Crippen LogP contribution in [0.3, 0.4) is 0 Å². The molecule has 0 spiro atoms. The standard InChI is InChI=1S/C4H10O11P2/c5-4(6)15-3(1-13-16(7,8)9)2-14-17(10,11)12/h3H,1-2H2,(H,5,6)(H2,7,8,9)(H2,10,11,12). The summed E-state index contributed by atoms with van der Waals surface area (Å²) in [5, 5.41) is 8.22. The first-order valence-electron chi connectivity index (χ1n) is 3.79. The molecule has 0 aliphatic heterocycles. The molecular formula is C4H10O11P2. The average molecular weight is 296 g/mol. The predicted octanol–water partition coefficient (Wildman–Crippen LogP) is -0.732. The second-order valence-corrected chi connectivity index (χ2v) is 5.06. The van der Waals surface area contributed by atoms with Gasteiger partial charge in [0.05, 0.1) is 13.2 Å². The van der Waals surface area contributed by atoms with Gasteiger partial charge in [-0.25, -0.2) is 13.9 Å². The third-order valence-corrected chi connectivity index (χ3v) is 2.10. The van der Waals surface area contributed by atoms with E-state index in [2.05, 4.69) is 13.8 Å². The van der Waals surface area contributed by atoms with Crippen LogP contribution in [0.2, 0.25) is 0 Å². The number of carboxylic acid groups (broad SMARTS) is 1. The van der Waals surface area contributed by atoms with Crippen LogP contribution < -0.4 is 0 Å². The van der Waals surface area contributed by atoms with Gasteiger partial charge in [-0.3, -0.25) is 9.05 Å². The maximum absolute atomic E-state index is 10.3. The molecule has 0 bridgehead atoms. The van der Waals surface area contributed by atoms with Crippen molar-refractivity contribution < 1.29 is 52.4 Å². The first-order chi connectivity index (χ1) is 7.49. The lowest BCUT2D eigenvalue weighted by atomic mass is 10.4. The van der Waals surface area contributed by atoms with Crippen LogP contribution in [0.4, 0.5) is 4.79 Å². The molecule has 102 valence electrons. The summed E-state index contributed by atoms with van der Waals surface area (Å²) in [6.45, 7) is -1.84. The Bertz CT molecular complexity index is 313. The highest BCUT2D eigenvalue weighted by atomic mass is 31.2. The zero-order valence-electron chi connectivity index (χ0n) is 8.07. The fraction of sp³-hybridized carbons (Fsp3) is 0.750. The van der Waals surface area contributed by atoms with Gasteiger partial charge in [-0.2, -0.15) is 0 Å². The second-order valence-electron chi connectivity index (χ2n) is 2.58. The van der Waals surface area contributed by atoms with Gasteiger partial charge in [-0.1, -0.05) is 0 Å². The summed E-state index contributed by atoms with van der Waals surface area (Å²) in [6, 6.07) is 0. The van der Waals surface area contributed by atoms with E-state index in [9.17, 15) is 13.9 Å². The van der Waals surface area contributed by atoms with E-state index in [1.165, 1.54) is 0 Å². The number of phosphoric ester groups is 2. The smallest absolute Gasteiger partial charge is 0.450 e. The Hall–Kier alpha value is -0.510. The number of rotatable bonds is 7. The van der Waals surface area contributed by atoms with E-state index in [0.717, 1.165) is 0 Å². The van der Waals surface area contributed by atoms with Gasteiger partial charge in [0, 0.05) is 0 Å². The van der Waals surface area contributed by atoms with E-state index >= 15 is 0 Å². The van der Waals surface area contributed by atoms with Gasteiger partial charge >= 0.3 is 21.8 Å². The van der Waals surface area contributed by atoms with Crippen molar-refractivity contribution in [2.75, 3.05) is 13.2 Å². The van der Waals surface area contributed by atoms with E-state index in [0.29, 0.717) is 0 Å². The summed E-state index contributed by atoms with van der Waals surface area (Å²) in [5.41, 5.74) is 0. The molecule has 0 radical (unpaired) electrons. The summed E-state index contributed by atoms with van der Waals surface area (Å²) in [4.78, 5) is 43.4. The van der Waals surface area contributed by atoms with Gasteiger partial charge in [-0.15, -0.1) is 0 Å². The normalized spacial score (nSPS) is 12.8. The van der Waals surface area contributed by atoms with Crippen LogP contribution in [-0.4, -0.2) is 50.2 Å². The first kappa shape index (κ1) is 16.5. The minimum atomic E-state index is -4.85. The van der Waals surface area contributed by atoms with Crippen molar-refractivity contribution in [2.45, 2.75) is 6.10 Å². The third kappa shape index (κ3) is 11.7. The third-order valence-electron chi connectivity index (χ3n) is 1.12. The second kappa shape index (κ2) is 6.43. The molecule has 0 aliphatic rings. The number of carbonyl (C=O) groups is 1. The van der Waals surface area contributed by atoms with Gasteiger partial charge in [0.1, 0.15) is 0 Å². The van der Waals surface area contributed by atoms with Crippen molar-refractivity contribution in [3.8, 4) is 0 Å². The number of hydrogen-bond donors (Lipinski definition) is 5. The van der Waals surface area contributed by atoms with Crippen LogP contribution >= 0.6 is 15.6 Å². The van der Waals surface area contributed by atoms with E-state index < -0.39 is 41.1 Å². The number of ether oxygens (including phenoxy) is 1. The monoisotopic (exact) mass is 296 g/mol. The molecule has 0 aromatic rings. The van der Waals surface area contributed by atoms with E-state index in [-0.39, 0.29) is 0 Å². The summed E-state index contributed by atoms with van der Waals surface area (Å²) in [5.74, 6) is 0. The largest absolute Gasteiger partial charge is 0.506 e. The molecule has 0 heterocycles. The van der Waals surface area contributed by atoms with Gasteiger partial charge in [0.25, 0.3) is 0 Å². The molecule has 5 N–H and O–H groups in total. The summed E-state index contributed by atoms with van der Waals surface area (Å²) in [6.07, 6.45) is -3.41. The number of phosphoric acid groups is 2. The van der Waals surface area contributed by atoms with E-state index in [1.807, 2.05) is 0 Å². The quantitative estimate of drug-likeness (QED) is 0.295. The highest BCUT2D eigenvalue weighted by molar-refractivity contribution is 7.46. The summed E-state index contributed by atoms with van der Waals surface area (Å²) >= 11 is 0. The molecule has 17 heavy (non-hydrogen) atoms. The Labute approximate surface area is 94.4 Å². The van der Waals surface area contributed by atoms with Gasteiger partial charge < -0.3 is 29.4 Å². The van der Waals surface area contributed by atoms with Gasteiger partial charge in [0.15, 0.2) is 6.10 Å². The minimum Gasteiger partial charge on any atom is -0.450 e. The average Bonchev–Trinajstić information content (AvgIpc) is 2.06. The van der Waals surface area contributed by atoms with Crippen molar-refractivity contribution in [3.63, 3.8) is 0 Å². The first-order valence-corrected chi connectivity index (χ1v) is 6.85. The molecule has 0 rings (SSSR count). The lowest BCUT2D eigenvalue weighted by molar-refractivity contribution is -0.00348. The summed E-state index contributed by atoms with van der Waals surface area (Å²) < 4.78 is 32.4. The Morgan fingerprint density at radius 1 is 1.00 bits per heavy atom. The Balaban J connectivity index is 4.29. The zero-order chi connectivity index (χ0) is 13.7. The van der Waals surface area contributed by atoms with Crippen molar-refractivity contribution in [1.82, 2.24) is 0 Å². The molecular weight excluding hydrogens is 286 g/mol. The Kier molecular flexibility index (Phi) is 6.24. The summed E-state index contributed by atoms with van der Waals surface area (Å²) in [7, 11) is -9.70. The fourth-order valence-corrected chi connectivity index (χ4v) is 1.34. The van der Waals surface area contributed by atoms with Crippen LogP contribution in [0.5, 0.6) is 0 Å². The predicted molar refractivity (Wildman–Crippen MR) is 48.9 cm³/mol. The lowest BCUT2D eigenvalue weighted by Crippen LogP contribution is -2.27. The van der Waals surface area contributed by atoms with Crippen molar-refractivity contribution in [3.05, 3.63) is 0 Å². The molecule has 0 aromatic heterocycles. The van der Waals surface area contributed by atoms with Crippen LogP contribution in [0.25, 0.3) is 0 Å². The Morgan fingerprint density at radius 2 is 1.35 bits per heavy atom. The lowest BCUT2D eigenvalue weighted by Gasteiger charge is -2.16. The van der Waals surface area contributed by atoms with Gasteiger partial charge in [0.2, 0.25) is 0 Å². The SMILES string of the molecule is O=C(O)OC(COP(=O)(O)O)COP(=O)(O)O. The van der Waals surface area contributed by atoms with Crippen molar-refractivity contribution >= 4 is 21.8 Å². The minimum absolute atomic E-state index is 0.920. The molecule has 11 nitrogen and oxygen atoms in total. The van der Waals surface area contributed by atoms with E-state index in [4.69, 9.17) is 24.7 Å². The van der Waals surface area contributed by atoms with Crippen LogP contribution in [0.15, 0.2) is 0 Å².